The minimum atomic E-state index is -0.294. The SMILES string of the molecule is CCC(NC(=O)c1cc[nH]c(=O)c1)c1ccc(Cl)cc1. The third-order valence-electron chi connectivity index (χ3n) is 3.02. The average Bonchev–Trinajstić information content (AvgIpc) is 2.45. The van der Waals surface area contributed by atoms with E-state index < -0.39 is 0 Å². The van der Waals surface area contributed by atoms with Crippen LogP contribution in [0.4, 0.5) is 0 Å². The molecule has 0 saturated heterocycles. The van der Waals surface area contributed by atoms with Crippen molar-refractivity contribution in [2.75, 3.05) is 0 Å². The molecular weight excluding hydrogens is 276 g/mol. The number of hydrogen-bond acceptors (Lipinski definition) is 2. The van der Waals surface area contributed by atoms with Crippen LogP contribution in [0.3, 0.4) is 0 Å². The van der Waals surface area contributed by atoms with Crippen molar-refractivity contribution >= 4 is 17.5 Å². The van der Waals surface area contributed by atoms with Crippen LogP contribution in [-0.2, 0) is 0 Å². The number of aromatic nitrogens is 1. The molecule has 0 fully saturated rings. The number of carbonyl (C=O) groups excluding carboxylic acids is 1. The zero-order valence-corrected chi connectivity index (χ0v) is 11.8. The molecule has 0 aliphatic carbocycles. The summed E-state index contributed by atoms with van der Waals surface area (Å²) in [7, 11) is 0. The molecule has 1 unspecified atom stereocenters. The second kappa shape index (κ2) is 6.39. The van der Waals surface area contributed by atoms with Crippen molar-refractivity contribution in [1.29, 1.82) is 0 Å². The maximum atomic E-state index is 12.1. The smallest absolute Gasteiger partial charge is 0.252 e. The van der Waals surface area contributed by atoms with Crippen LogP contribution in [0.5, 0.6) is 0 Å². The standard InChI is InChI=1S/C15H15ClN2O2/c1-2-13(10-3-5-12(16)6-4-10)18-15(20)11-7-8-17-14(19)9-11/h3-9,13H,2H2,1H3,(H,17,19)(H,18,20). The van der Waals surface area contributed by atoms with Crippen molar-refractivity contribution in [3.8, 4) is 0 Å². The molecule has 1 heterocycles. The molecule has 20 heavy (non-hydrogen) atoms. The largest absolute Gasteiger partial charge is 0.345 e. The Morgan fingerprint density at radius 3 is 2.60 bits per heavy atom. The van der Waals surface area contributed by atoms with Gasteiger partial charge in [0.05, 0.1) is 6.04 Å². The van der Waals surface area contributed by atoms with Crippen molar-refractivity contribution in [3.05, 3.63) is 69.1 Å². The molecule has 104 valence electrons. The zero-order chi connectivity index (χ0) is 14.5. The summed E-state index contributed by atoms with van der Waals surface area (Å²) in [6, 6.07) is 10.1. The molecule has 2 rings (SSSR count). The van der Waals surface area contributed by atoms with Crippen LogP contribution < -0.4 is 10.9 Å². The number of H-pyrrole nitrogens is 1. The molecule has 1 atom stereocenters. The topological polar surface area (TPSA) is 62.0 Å². The number of hydrogen-bond donors (Lipinski definition) is 2. The molecule has 2 N–H and O–H groups in total. The van der Waals surface area contributed by atoms with Crippen molar-refractivity contribution < 1.29 is 4.79 Å². The van der Waals surface area contributed by atoms with Gasteiger partial charge in [0, 0.05) is 22.8 Å². The number of carbonyl (C=O) groups is 1. The van der Waals surface area contributed by atoms with Crippen LogP contribution in [0.1, 0.15) is 35.3 Å². The predicted octanol–water partition coefficient (Wildman–Crippen LogP) is 2.91. The molecule has 1 amide bonds. The van der Waals surface area contributed by atoms with Crippen LogP contribution in [-0.4, -0.2) is 10.9 Å². The minimum Gasteiger partial charge on any atom is -0.345 e. The maximum absolute atomic E-state index is 12.1. The van der Waals surface area contributed by atoms with E-state index >= 15 is 0 Å². The van der Waals surface area contributed by atoms with Crippen LogP contribution in [0.25, 0.3) is 0 Å². The fraction of sp³-hybridized carbons (Fsp3) is 0.200. The Bertz CT molecular complexity index is 649. The summed E-state index contributed by atoms with van der Waals surface area (Å²) in [4.78, 5) is 25.8. The first-order chi connectivity index (χ1) is 9.60. The Balaban J connectivity index is 2.16. The molecule has 4 nitrogen and oxygen atoms in total. The van der Waals surface area contributed by atoms with E-state index in [1.165, 1.54) is 12.3 Å². The second-order valence-corrected chi connectivity index (χ2v) is 4.86. The Kier molecular flexibility index (Phi) is 4.58. The molecule has 2 aromatic rings. The van der Waals surface area contributed by atoms with Gasteiger partial charge < -0.3 is 10.3 Å². The van der Waals surface area contributed by atoms with Crippen LogP contribution in [0.15, 0.2) is 47.4 Å². The molecule has 0 aliphatic rings. The Morgan fingerprint density at radius 1 is 1.30 bits per heavy atom. The summed E-state index contributed by atoms with van der Waals surface area (Å²) in [5.74, 6) is -0.266. The van der Waals surface area contributed by atoms with Crippen molar-refractivity contribution in [3.63, 3.8) is 0 Å². The molecular formula is C15H15ClN2O2. The lowest BCUT2D eigenvalue weighted by Crippen LogP contribution is -2.29. The van der Waals surface area contributed by atoms with Crippen molar-refractivity contribution in [2.24, 2.45) is 0 Å². The van der Waals surface area contributed by atoms with Gasteiger partial charge in [-0.3, -0.25) is 9.59 Å². The van der Waals surface area contributed by atoms with Gasteiger partial charge in [0.2, 0.25) is 5.56 Å². The highest BCUT2D eigenvalue weighted by Crippen LogP contribution is 2.19. The Hall–Kier alpha value is -2.07. The van der Waals surface area contributed by atoms with Gasteiger partial charge in [-0.1, -0.05) is 30.7 Å². The highest BCUT2D eigenvalue weighted by molar-refractivity contribution is 6.30. The molecule has 1 aromatic heterocycles. The number of halogens is 1. The van der Waals surface area contributed by atoms with E-state index in [9.17, 15) is 9.59 Å². The fourth-order valence-corrected chi connectivity index (χ4v) is 2.07. The Labute approximate surface area is 121 Å². The van der Waals surface area contributed by atoms with Gasteiger partial charge >= 0.3 is 0 Å². The van der Waals surface area contributed by atoms with Crippen LogP contribution in [0.2, 0.25) is 5.02 Å². The number of nitrogens with one attached hydrogen (secondary N) is 2. The first kappa shape index (κ1) is 14.3. The summed E-state index contributed by atoms with van der Waals surface area (Å²) in [6.07, 6.45) is 2.21. The average molecular weight is 291 g/mol. The quantitative estimate of drug-likeness (QED) is 0.909. The number of amides is 1. The van der Waals surface area contributed by atoms with E-state index in [4.69, 9.17) is 11.6 Å². The van der Waals surface area contributed by atoms with Gasteiger partial charge in [-0.2, -0.15) is 0 Å². The number of aromatic amines is 1. The minimum absolute atomic E-state index is 0.112. The lowest BCUT2D eigenvalue weighted by Gasteiger charge is -2.17. The van der Waals surface area contributed by atoms with E-state index in [1.807, 2.05) is 19.1 Å². The van der Waals surface area contributed by atoms with Gasteiger partial charge in [0.15, 0.2) is 0 Å². The summed E-state index contributed by atoms with van der Waals surface area (Å²) in [6.45, 7) is 1.98. The molecule has 0 saturated carbocycles. The van der Waals surface area contributed by atoms with Gasteiger partial charge in [0.25, 0.3) is 5.91 Å². The summed E-state index contributed by atoms with van der Waals surface area (Å²) >= 11 is 5.85. The Morgan fingerprint density at radius 2 is 2.00 bits per heavy atom. The lowest BCUT2D eigenvalue weighted by atomic mass is 10.0. The first-order valence-electron chi connectivity index (χ1n) is 6.35. The number of rotatable bonds is 4. The van der Waals surface area contributed by atoms with Crippen LogP contribution >= 0.6 is 11.6 Å². The van der Waals surface area contributed by atoms with Crippen molar-refractivity contribution in [1.82, 2.24) is 10.3 Å². The van der Waals surface area contributed by atoms with E-state index in [2.05, 4.69) is 10.3 Å². The van der Waals surface area contributed by atoms with Gasteiger partial charge in [0.1, 0.15) is 0 Å². The van der Waals surface area contributed by atoms with Gasteiger partial charge in [-0.05, 0) is 30.2 Å². The molecule has 0 radical (unpaired) electrons. The second-order valence-electron chi connectivity index (χ2n) is 4.43. The lowest BCUT2D eigenvalue weighted by molar-refractivity contribution is 0.0935. The monoisotopic (exact) mass is 290 g/mol. The predicted molar refractivity (Wildman–Crippen MR) is 79.0 cm³/mol. The summed E-state index contributed by atoms with van der Waals surface area (Å²) < 4.78 is 0. The number of benzene rings is 1. The third kappa shape index (κ3) is 3.48. The summed E-state index contributed by atoms with van der Waals surface area (Å²) in [5, 5.41) is 3.57. The molecule has 5 heteroatoms. The normalized spacial score (nSPS) is 11.9. The van der Waals surface area contributed by atoms with E-state index in [1.54, 1.807) is 18.2 Å². The highest BCUT2D eigenvalue weighted by Gasteiger charge is 2.14. The molecule has 0 aliphatic heterocycles. The molecule has 0 bridgehead atoms. The number of pyridine rings is 1. The zero-order valence-electron chi connectivity index (χ0n) is 11.0. The first-order valence-corrected chi connectivity index (χ1v) is 6.73. The van der Waals surface area contributed by atoms with Crippen molar-refractivity contribution in [2.45, 2.75) is 19.4 Å². The van der Waals surface area contributed by atoms with E-state index in [0.29, 0.717) is 10.6 Å². The summed E-state index contributed by atoms with van der Waals surface area (Å²) in [5.41, 5.74) is 1.04. The molecule has 0 spiro atoms. The van der Waals surface area contributed by atoms with Gasteiger partial charge in [-0.15, -0.1) is 0 Å². The van der Waals surface area contributed by atoms with Gasteiger partial charge in [-0.25, -0.2) is 0 Å². The maximum Gasteiger partial charge on any atom is 0.252 e. The van der Waals surface area contributed by atoms with Crippen LogP contribution in [0, 0.1) is 0 Å². The highest BCUT2D eigenvalue weighted by atomic mass is 35.5. The molecule has 1 aromatic carbocycles. The van der Waals surface area contributed by atoms with E-state index in [0.717, 1.165) is 12.0 Å². The fourth-order valence-electron chi connectivity index (χ4n) is 1.94. The van der Waals surface area contributed by atoms with E-state index in [-0.39, 0.29) is 17.5 Å². The third-order valence-corrected chi connectivity index (χ3v) is 3.28.